The molecule has 3 nitrogen and oxygen atoms in total. The van der Waals surface area contributed by atoms with Crippen molar-refractivity contribution in [1.82, 2.24) is 10.2 Å². The molecule has 0 amide bonds. The third-order valence-corrected chi connectivity index (χ3v) is 2.54. The monoisotopic (exact) mass is 181 g/mol. The van der Waals surface area contributed by atoms with Gasteiger partial charge in [0.05, 0.1) is 6.07 Å². The Kier molecular flexibility index (Phi) is 4.81. The zero-order chi connectivity index (χ0) is 9.52. The molecule has 1 heterocycles. The lowest BCUT2D eigenvalue weighted by Gasteiger charge is -2.11. The van der Waals surface area contributed by atoms with Gasteiger partial charge in [0.15, 0.2) is 0 Å². The van der Waals surface area contributed by atoms with Crippen molar-refractivity contribution in [3.8, 4) is 6.07 Å². The second-order valence-electron chi connectivity index (χ2n) is 3.82. The summed E-state index contributed by atoms with van der Waals surface area (Å²) in [6.45, 7) is 3.47. The van der Waals surface area contributed by atoms with E-state index in [1.54, 1.807) is 0 Å². The summed E-state index contributed by atoms with van der Waals surface area (Å²) < 4.78 is 0. The third-order valence-electron chi connectivity index (χ3n) is 2.54. The zero-order valence-corrected chi connectivity index (χ0v) is 8.42. The molecule has 0 spiro atoms. The molecule has 1 saturated heterocycles. The molecule has 1 rings (SSSR count). The number of nitrogens with one attached hydrogen (secondary N) is 1. The predicted octanol–water partition coefficient (Wildman–Crippen LogP) is 0.974. The topological polar surface area (TPSA) is 39.1 Å². The van der Waals surface area contributed by atoms with Gasteiger partial charge in [0.25, 0.3) is 0 Å². The van der Waals surface area contributed by atoms with E-state index in [1.807, 2.05) is 0 Å². The quantitative estimate of drug-likeness (QED) is 0.642. The van der Waals surface area contributed by atoms with Crippen LogP contribution in [-0.4, -0.2) is 37.6 Å². The van der Waals surface area contributed by atoms with Crippen molar-refractivity contribution in [2.75, 3.05) is 26.7 Å². The van der Waals surface area contributed by atoms with E-state index >= 15 is 0 Å². The Hall–Kier alpha value is -0.590. The Bertz CT molecular complexity index is 173. The molecule has 0 bridgehead atoms. The maximum atomic E-state index is 8.33. The SMILES string of the molecule is CN1CCC(NCCCCC#N)C1. The summed E-state index contributed by atoms with van der Waals surface area (Å²) in [4.78, 5) is 2.35. The summed E-state index contributed by atoms with van der Waals surface area (Å²) >= 11 is 0. The third kappa shape index (κ3) is 4.25. The summed E-state index contributed by atoms with van der Waals surface area (Å²) in [5, 5.41) is 11.9. The minimum atomic E-state index is 0.687. The number of hydrogen-bond donors (Lipinski definition) is 1. The second kappa shape index (κ2) is 5.95. The highest BCUT2D eigenvalue weighted by atomic mass is 15.2. The lowest BCUT2D eigenvalue weighted by atomic mass is 10.2. The number of hydrogen-bond acceptors (Lipinski definition) is 3. The second-order valence-corrected chi connectivity index (χ2v) is 3.82. The summed E-state index contributed by atoms with van der Waals surface area (Å²) in [5.41, 5.74) is 0. The molecule has 1 aliphatic rings. The van der Waals surface area contributed by atoms with Gasteiger partial charge in [0, 0.05) is 19.0 Å². The van der Waals surface area contributed by atoms with Crippen LogP contribution in [0.1, 0.15) is 25.7 Å². The standard InChI is InChI=1S/C10H19N3/c1-13-8-5-10(9-13)12-7-4-2-3-6-11/h10,12H,2-5,7-9H2,1H3. The van der Waals surface area contributed by atoms with Gasteiger partial charge in [-0.3, -0.25) is 0 Å². The van der Waals surface area contributed by atoms with Crippen LogP contribution in [-0.2, 0) is 0 Å². The van der Waals surface area contributed by atoms with Crippen molar-refractivity contribution in [3.05, 3.63) is 0 Å². The molecule has 0 aliphatic carbocycles. The fraction of sp³-hybridized carbons (Fsp3) is 0.900. The van der Waals surface area contributed by atoms with Crippen LogP contribution in [0.25, 0.3) is 0 Å². The molecule has 0 aromatic rings. The molecule has 0 saturated carbocycles. The van der Waals surface area contributed by atoms with E-state index in [0.29, 0.717) is 12.5 Å². The molecule has 3 heteroatoms. The van der Waals surface area contributed by atoms with E-state index in [0.717, 1.165) is 19.4 Å². The van der Waals surface area contributed by atoms with Gasteiger partial charge in [-0.05, 0) is 39.4 Å². The molecule has 1 aliphatic heterocycles. The maximum Gasteiger partial charge on any atom is 0.0621 e. The van der Waals surface area contributed by atoms with Crippen LogP contribution in [0.5, 0.6) is 0 Å². The van der Waals surface area contributed by atoms with Crippen LogP contribution in [0.2, 0.25) is 0 Å². The Morgan fingerprint density at radius 1 is 1.54 bits per heavy atom. The smallest absolute Gasteiger partial charge is 0.0621 e. The van der Waals surface area contributed by atoms with E-state index in [-0.39, 0.29) is 0 Å². The zero-order valence-electron chi connectivity index (χ0n) is 8.42. The van der Waals surface area contributed by atoms with Crippen molar-refractivity contribution in [3.63, 3.8) is 0 Å². The fourth-order valence-electron chi connectivity index (χ4n) is 1.74. The van der Waals surface area contributed by atoms with E-state index in [1.165, 1.54) is 19.5 Å². The van der Waals surface area contributed by atoms with Crippen molar-refractivity contribution in [1.29, 1.82) is 5.26 Å². The van der Waals surface area contributed by atoms with Gasteiger partial charge >= 0.3 is 0 Å². The predicted molar refractivity (Wildman–Crippen MR) is 53.4 cm³/mol. The van der Waals surface area contributed by atoms with Crippen LogP contribution in [0.4, 0.5) is 0 Å². The van der Waals surface area contributed by atoms with Gasteiger partial charge in [-0.1, -0.05) is 0 Å². The summed E-state index contributed by atoms with van der Waals surface area (Å²) in [6.07, 6.45) is 4.14. The maximum absolute atomic E-state index is 8.33. The first-order valence-electron chi connectivity index (χ1n) is 5.12. The number of unbranched alkanes of at least 4 members (excludes halogenated alkanes) is 2. The van der Waals surface area contributed by atoms with Gasteiger partial charge < -0.3 is 10.2 Å². The first-order chi connectivity index (χ1) is 6.33. The van der Waals surface area contributed by atoms with E-state index in [4.69, 9.17) is 5.26 Å². The number of rotatable bonds is 5. The Balaban J connectivity index is 1.92. The van der Waals surface area contributed by atoms with E-state index < -0.39 is 0 Å². The fourth-order valence-corrected chi connectivity index (χ4v) is 1.74. The average molecular weight is 181 g/mol. The van der Waals surface area contributed by atoms with Crippen LogP contribution < -0.4 is 5.32 Å². The Morgan fingerprint density at radius 3 is 3.00 bits per heavy atom. The summed E-state index contributed by atoms with van der Waals surface area (Å²) in [6, 6.07) is 2.85. The molecule has 0 radical (unpaired) electrons. The van der Waals surface area contributed by atoms with Crippen molar-refractivity contribution >= 4 is 0 Å². The number of likely N-dealkylation sites (N-methyl/N-ethyl adjacent to an activating group) is 1. The minimum absolute atomic E-state index is 0.687. The molecule has 0 aromatic carbocycles. The lowest BCUT2D eigenvalue weighted by molar-refractivity contribution is 0.397. The van der Waals surface area contributed by atoms with Crippen molar-refractivity contribution < 1.29 is 0 Å². The van der Waals surface area contributed by atoms with Crippen LogP contribution in [0.3, 0.4) is 0 Å². The first kappa shape index (κ1) is 10.5. The first-order valence-corrected chi connectivity index (χ1v) is 5.12. The average Bonchev–Trinajstić information content (AvgIpc) is 2.51. The van der Waals surface area contributed by atoms with Gasteiger partial charge in [-0.25, -0.2) is 0 Å². The highest BCUT2D eigenvalue weighted by Crippen LogP contribution is 2.05. The Morgan fingerprint density at radius 2 is 2.38 bits per heavy atom. The molecule has 1 fully saturated rings. The Labute approximate surface area is 80.7 Å². The highest BCUT2D eigenvalue weighted by molar-refractivity contribution is 4.78. The van der Waals surface area contributed by atoms with Gasteiger partial charge in [0.2, 0.25) is 0 Å². The molecule has 1 unspecified atom stereocenters. The summed E-state index contributed by atoms with van der Waals surface area (Å²) in [5.74, 6) is 0. The van der Waals surface area contributed by atoms with Crippen LogP contribution in [0, 0.1) is 11.3 Å². The molecule has 0 aromatic heterocycles. The highest BCUT2D eigenvalue weighted by Gasteiger charge is 2.17. The molecule has 74 valence electrons. The summed E-state index contributed by atoms with van der Waals surface area (Å²) in [7, 11) is 2.16. The molecule has 1 N–H and O–H groups in total. The van der Waals surface area contributed by atoms with Crippen LogP contribution in [0.15, 0.2) is 0 Å². The minimum Gasteiger partial charge on any atom is -0.313 e. The molecular weight excluding hydrogens is 162 g/mol. The van der Waals surface area contributed by atoms with Crippen LogP contribution >= 0.6 is 0 Å². The van der Waals surface area contributed by atoms with Gasteiger partial charge in [0.1, 0.15) is 0 Å². The number of nitriles is 1. The van der Waals surface area contributed by atoms with Crippen molar-refractivity contribution in [2.24, 2.45) is 0 Å². The van der Waals surface area contributed by atoms with E-state index in [9.17, 15) is 0 Å². The largest absolute Gasteiger partial charge is 0.313 e. The van der Waals surface area contributed by atoms with Gasteiger partial charge in [-0.15, -0.1) is 0 Å². The number of likely N-dealkylation sites (tertiary alicyclic amines) is 1. The van der Waals surface area contributed by atoms with Crippen molar-refractivity contribution in [2.45, 2.75) is 31.7 Å². The van der Waals surface area contributed by atoms with Gasteiger partial charge in [-0.2, -0.15) is 5.26 Å². The normalized spacial score (nSPS) is 23.2. The number of nitrogens with zero attached hydrogens (tertiary/aromatic N) is 2. The molecule has 1 atom stereocenters. The lowest BCUT2D eigenvalue weighted by Crippen LogP contribution is -2.32. The molecule has 13 heavy (non-hydrogen) atoms. The van der Waals surface area contributed by atoms with E-state index in [2.05, 4.69) is 23.3 Å². The molecular formula is C10H19N3.